The highest BCUT2D eigenvalue weighted by atomic mass is 16.2. The lowest BCUT2D eigenvalue weighted by Gasteiger charge is -2.25. The standard InChI is InChI=1S/C13H21N3O/c1-13(2,10-14)8-12(17)16(3)9-11-4-6-15-7-5-11/h4-7H,8-10,14H2,1-3H3. The number of pyridine rings is 1. The molecule has 1 amide bonds. The van der Waals surface area contributed by atoms with Gasteiger partial charge in [0.05, 0.1) is 0 Å². The summed E-state index contributed by atoms with van der Waals surface area (Å²) in [7, 11) is 1.81. The van der Waals surface area contributed by atoms with E-state index in [2.05, 4.69) is 4.98 Å². The van der Waals surface area contributed by atoms with Crippen molar-refractivity contribution in [1.29, 1.82) is 0 Å². The van der Waals surface area contributed by atoms with Crippen LogP contribution in [0.1, 0.15) is 25.8 Å². The van der Waals surface area contributed by atoms with E-state index in [0.717, 1.165) is 5.56 Å². The third-order valence-corrected chi connectivity index (χ3v) is 2.78. The lowest BCUT2D eigenvalue weighted by Crippen LogP contribution is -2.34. The second kappa shape index (κ2) is 5.77. The van der Waals surface area contributed by atoms with E-state index in [0.29, 0.717) is 19.5 Å². The average molecular weight is 235 g/mol. The van der Waals surface area contributed by atoms with Crippen LogP contribution in [0.15, 0.2) is 24.5 Å². The van der Waals surface area contributed by atoms with Crippen molar-refractivity contribution < 1.29 is 4.79 Å². The van der Waals surface area contributed by atoms with Gasteiger partial charge in [0.25, 0.3) is 0 Å². The van der Waals surface area contributed by atoms with Gasteiger partial charge in [0, 0.05) is 32.4 Å². The molecule has 0 saturated heterocycles. The zero-order valence-corrected chi connectivity index (χ0v) is 10.8. The number of nitrogens with two attached hydrogens (primary N) is 1. The van der Waals surface area contributed by atoms with Crippen molar-refractivity contribution >= 4 is 5.91 Å². The molecule has 0 saturated carbocycles. The molecule has 0 unspecified atom stereocenters. The first-order valence-electron chi connectivity index (χ1n) is 5.77. The lowest BCUT2D eigenvalue weighted by molar-refractivity contribution is -0.132. The molecule has 1 aromatic rings. The third-order valence-electron chi connectivity index (χ3n) is 2.78. The predicted molar refractivity (Wildman–Crippen MR) is 68.2 cm³/mol. The number of hydrogen-bond acceptors (Lipinski definition) is 3. The van der Waals surface area contributed by atoms with Crippen LogP contribution >= 0.6 is 0 Å². The van der Waals surface area contributed by atoms with Gasteiger partial charge in [-0.05, 0) is 29.7 Å². The molecule has 4 nitrogen and oxygen atoms in total. The van der Waals surface area contributed by atoms with Crippen LogP contribution in [0.2, 0.25) is 0 Å². The summed E-state index contributed by atoms with van der Waals surface area (Å²) in [6.07, 6.45) is 3.94. The van der Waals surface area contributed by atoms with Crippen molar-refractivity contribution in [3.8, 4) is 0 Å². The van der Waals surface area contributed by atoms with Crippen LogP contribution in [0, 0.1) is 5.41 Å². The summed E-state index contributed by atoms with van der Waals surface area (Å²) in [5, 5.41) is 0. The summed E-state index contributed by atoms with van der Waals surface area (Å²) < 4.78 is 0. The molecule has 0 radical (unpaired) electrons. The Morgan fingerprint density at radius 2 is 2.00 bits per heavy atom. The first kappa shape index (κ1) is 13.6. The Morgan fingerprint density at radius 1 is 1.41 bits per heavy atom. The van der Waals surface area contributed by atoms with Crippen molar-refractivity contribution in [2.24, 2.45) is 11.1 Å². The molecule has 0 aromatic carbocycles. The number of carbonyl (C=O) groups excluding carboxylic acids is 1. The highest BCUT2D eigenvalue weighted by Crippen LogP contribution is 2.19. The molecule has 1 rings (SSSR count). The van der Waals surface area contributed by atoms with Gasteiger partial charge < -0.3 is 10.6 Å². The molecule has 0 atom stereocenters. The molecule has 0 bridgehead atoms. The number of aromatic nitrogens is 1. The van der Waals surface area contributed by atoms with Crippen LogP contribution in [0.25, 0.3) is 0 Å². The second-order valence-corrected chi connectivity index (χ2v) is 5.15. The monoisotopic (exact) mass is 235 g/mol. The zero-order chi connectivity index (χ0) is 12.9. The van der Waals surface area contributed by atoms with Crippen LogP contribution in [0.4, 0.5) is 0 Å². The van der Waals surface area contributed by atoms with Crippen LogP contribution in [0.3, 0.4) is 0 Å². The number of carbonyl (C=O) groups is 1. The Bertz CT molecular complexity index is 362. The van der Waals surface area contributed by atoms with Gasteiger partial charge in [-0.3, -0.25) is 9.78 Å². The first-order valence-corrected chi connectivity index (χ1v) is 5.77. The Morgan fingerprint density at radius 3 is 2.53 bits per heavy atom. The van der Waals surface area contributed by atoms with Gasteiger partial charge in [0.2, 0.25) is 5.91 Å². The third kappa shape index (κ3) is 4.53. The van der Waals surface area contributed by atoms with E-state index in [9.17, 15) is 4.79 Å². The van der Waals surface area contributed by atoms with E-state index >= 15 is 0 Å². The summed E-state index contributed by atoms with van der Waals surface area (Å²) >= 11 is 0. The SMILES string of the molecule is CN(Cc1ccncc1)C(=O)CC(C)(C)CN. The maximum Gasteiger partial charge on any atom is 0.223 e. The zero-order valence-electron chi connectivity index (χ0n) is 10.8. The number of rotatable bonds is 5. The maximum absolute atomic E-state index is 12.0. The Hall–Kier alpha value is -1.42. The Labute approximate surface area is 103 Å². The molecular weight excluding hydrogens is 214 g/mol. The molecule has 4 heteroatoms. The summed E-state index contributed by atoms with van der Waals surface area (Å²) in [5.74, 6) is 0.122. The topological polar surface area (TPSA) is 59.2 Å². The van der Waals surface area contributed by atoms with E-state index in [1.807, 2.05) is 33.0 Å². The Kier molecular flexibility index (Phi) is 4.63. The lowest BCUT2D eigenvalue weighted by atomic mass is 9.89. The molecule has 1 aromatic heterocycles. The fraction of sp³-hybridized carbons (Fsp3) is 0.538. The molecule has 1 heterocycles. The van der Waals surface area contributed by atoms with E-state index in [4.69, 9.17) is 5.73 Å². The minimum absolute atomic E-state index is 0.122. The summed E-state index contributed by atoms with van der Waals surface area (Å²) in [6, 6.07) is 3.83. The average Bonchev–Trinajstić information content (AvgIpc) is 2.30. The van der Waals surface area contributed by atoms with Crippen LogP contribution in [-0.2, 0) is 11.3 Å². The van der Waals surface area contributed by atoms with Gasteiger partial charge in [0.15, 0.2) is 0 Å². The van der Waals surface area contributed by atoms with Crippen molar-refractivity contribution in [1.82, 2.24) is 9.88 Å². The number of hydrogen-bond donors (Lipinski definition) is 1. The quantitative estimate of drug-likeness (QED) is 0.839. The van der Waals surface area contributed by atoms with Crippen molar-refractivity contribution in [2.45, 2.75) is 26.8 Å². The van der Waals surface area contributed by atoms with E-state index in [-0.39, 0.29) is 11.3 Å². The van der Waals surface area contributed by atoms with Crippen LogP contribution in [-0.4, -0.2) is 29.4 Å². The summed E-state index contributed by atoms with van der Waals surface area (Å²) in [5.41, 5.74) is 6.58. The molecule has 94 valence electrons. The van der Waals surface area contributed by atoms with Gasteiger partial charge >= 0.3 is 0 Å². The molecule has 0 aliphatic carbocycles. The molecule has 0 fully saturated rings. The fourth-order valence-electron chi connectivity index (χ4n) is 1.47. The summed E-state index contributed by atoms with van der Waals surface area (Å²) in [4.78, 5) is 17.7. The smallest absolute Gasteiger partial charge is 0.223 e. The highest BCUT2D eigenvalue weighted by molar-refractivity contribution is 5.76. The molecule has 17 heavy (non-hydrogen) atoms. The van der Waals surface area contributed by atoms with Gasteiger partial charge in [-0.25, -0.2) is 0 Å². The first-order chi connectivity index (χ1) is 7.94. The normalized spacial score (nSPS) is 11.3. The molecule has 0 aliphatic heterocycles. The van der Waals surface area contributed by atoms with Crippen molar-refractivity contribution in [2.75, 3.05) is 13.6 Å². The fourth-order valence-corrected chi connectivity index (χ4v) is 1.47. The van der Waals surface area contributed by atoms with Crippen molar-refractivity contribution in [3.63, 3.8) is 0 Å². The molecule has 0 spiro atoms. The maximum atomic E-state index is 12.0. The molecule has 2 N–H and O–H groups in total. The minimum Gasteiger partial charge on any atom is -0.341 e. The van der Waals surface area contributed by atoms with Gasteiger partial charge in [-0.15, -0.1) is 0 Å². The molecular formula is C13H21N3O. The van der Waals surface area contributed by atoms with Gasteiger partial charge in [-0.1, -0.05) is 13.8 Å². The van der Waals surface area contributed by atoms with Gasteiger partial charge in [0.1, 0.15) is 0 Å². The van der Waals surface area contributed by atoms with E-state index in [1.54, 1.807) is 17.3 Å². The van der Waals surface area contributed by atoms with E-state index < -0.39 is 0 Å². The summed E-state index contributed by atoms with van der Waals surface area (Å²) in [6.45, 7) is 5.14. The largest absolute Gasteiger partial charge is 0.341 e. The van der Waals surface area contributed by atoms with Crippen LogP contribution in [0.5, 0.6) is 0 Å². The van der Waals surface area contributed by atoms with E-state index in [1.165, 1.54) is 0 Å². The highest BCUT2D eigenvalue weighted by Gasteiger charge is 2.22. The minimum atomic E-state index is -0.135. The Balaban J connectivity index is 2.54. The number of nitrogens with zero attached hydrogens (tertiary/aromatic N) is 2. The number of amides is 1. The van der Waals surface area contributed by atoms with Gasteiger partial charge in [-0.2, -0.15) is 0 Å². The van der Waals surface area contributed by atoms with Crippen molar-refractivity contribution in [3.05, 3.63) is 30.1 Å². The predicted octanol–water partition coefficient (Wildman–Crippen LogP) is 1.41. The molecule has 0 aliphatic rings. The second-order valence-electron chi connectivity index (χ2n) is 5.15. The van der Waals surface area contributed by atoms with Crippen LogP contribution < -0.4 is 5.73 Å².